The minimum atomic E-state index is -0.894. The Kier molecular flexibility index (Phi) is 3.17. The van der Waals surface area contributed by atoms with Crippen molar-refractivity contribution in [2.45, 2.75) is 46.1 Å². The van der Waals surface area contributed by atoms with Crippen LogP contribution in [-0.4, -0.2) is 20.9 Å². The summed E-state index contributed by atoms with van der Waals surface area (Å²) in [6.45, 7) is 8.09. The van der Waals surface area contributed by atoms with E-state index in [9.17, 15) is 4.79 Å². The topological polar surface area (TPSA) is 55.1 Å². The van der Waals surface area contributed by atoms with E-state index in [4.69, 9.17) is 5.11 Å². The summed E-state index contributed by atoms with van der Waals surface area (Å²) in [5, 5.41) is 13.2. The van der Waals surface area contributed by atoms with E-state index in [0.29, 0.717) is 5.56 Å². The van der Waals surface area contributed by atoms with Crippen molar-refractivity contribution in [3.05, 3.63) is 17.5 Å². The molecule has 0 aromatic carbocycles. The predicted molar refractivity (Wildman–Crippen MR) is 58.2 cm³/mol. The third-order valence-corrected chi connectivity index (χ3v) is 2.22. The van der Waals surface area contributed by atoms with Crippen molar-refractivity contribution in [1.29, 1.82) is 0 Å². The maximum Gasteiger partial charge on any atom is 0.339 e. The lowest BCUT2D eigenvalue weighted by Gasteiger charge is -2.22. The zero-order valence-electron chi connectivity index (χ0n) is 9.74. The number of carbonyl (C=O) groups is 1. The zero-order valence-corrected chi connectivity index (χ0v) is 9.74. The Balaban J connectivity index is 3.24. The number of aromatic carboxylic acids is 1. The maximum absolute atomic E-state index is 11.0. The van der Waals surface area contributed by atoms with Crippen LogP contribution in [0.25, 0.3) is 0 Å². The van der Waals surface area contributed by atoms with Gasteiger partial charge in [-0.2, -0.15) is 5.10 Å². The number of aromatic nitrogens is 2. The fraction of sp³-hybridized carbons (Fsp3) is 0.636. The molecule has 15 heavy (non-hydrogen) atoms. The number of rotatable bonds is 3. The van der Waals surface area contributed by atoms with Crippen molar-refractivity contribution in [2.24, 2.45) is 0 Å². The Morgan fingerprint density at radius 2 is 2.13 bits per heavy atom. The van der Waals surface area contributed by atoms with Gasteiger partial charge in [0, 0.05) is 0 Å². The lowest BCUT2D eigenvalue weighted by atomic mass is 10.1. The highest BCUT2D eigenvalue weighted by Crippen LogP contribution is 2.20. The molecule has 0 fully saturated rings. The van der Waals surface area contributed by atoms with E-state index in [1.807, 2.05) is 27.7 Å². The molecular formula is C11H18N2O2. The quantitative estimate of drug-likeness (QED) is 0.832. The van der Waals surface area contributed by atoms with E-state index in [2.05, 4.69) is 5.10 Å². The molecule has 1 aromatic heterocycles. The smallest absolute Gasteiger partial charge is 0.339 e. The summed E-state index contributed by atoms with van der Waals surface area (Å²) < 4.78 is 1.81. The first-order chi connectivity index (χ1) is 6.88. The Morgan fingerprint density at radius 1 is 1.53 bits per heavy atom. The monoisotopic (exact) mass is 210 g/mol. The average molecular weight is 210 g/mol. The van der Waals surface area contributed by atoms with E-state index in [0.717, 1.165) is 18.5 Å². The van der Waals surface area contributed by atoms with Gasteiger partial charge in [0.1, 0.15) is 5.56 Å². The predicted octanol–water partition coefficient (Wildman–Crippen LogP) is 2.29. The standard InChI is InChI=1S/C11H18N2O2/c1-5-6-9-8(10(14)15)7-12-13(9)11(2,3)4/h7H,5-6H2,1-4H3,(H,14,15). The lowest BCUT2D eigenvalue weighted by molar-refractivity contribution is 0.0695. The second-order valence-corrected chi connectivity index (χ2v) is 4.64. The molecule has 0 aliphatic heterocycles. The number of nitrogens with zero attached hydrogens (tertiary/aromatic N) is 2. The van der Waals surface area contributed by atoms with E-state index >= 15 is 0 Å². The first-order valence-electron chi connectivity index (χ1n) is 5.18. The summed E-state index contributed by atoms with van der Waals surface area (Å²) in [6, 6.07) is 0. The van der Waals surface area contributed by atoms with Gasteiger partial charge in [-0.05, 0) is 27.2 Å². The number of carboxylic acids is 1. The third-order valence-electron chi connectivity index (χ3n) is 2.22. The molecule has 1 heterocycles. The molecule has 0 saturated heterocycles. The maximum atomic E-state index is 11.0. The van der Waals surface area contributed by atoms with Crippen LogP contribution in [0.4, 0.5) is 0 Å². The first kappa shape index (κ1) is 11.8. The van der Waals surface area contributed by atoms with Gasteiger partial charge in [-0.25, -0.2) is 4.79 Å². The Labute approximate surface area is 89.9 Å². The summed E-state index contributed by atoms with van der Waals surface area (Å²) in [5.74, 6) is -0.894. The number of hydrogen-bond donors (Lipinski definition) is 1. The minimum absolute atomic E-state index is 0.168. The molecule has 0 radical (unpaired) electrons. The van der Waals surface area contributed by atoms with Crippen molar-refractivity contribution in [3.63, 3.8) is 0 Å². The fourth-order valence-electron chi connectivity index (χ4n) is 1.61. The summed E-state index contributed by atoms with van der Waals surface area (Å²) in [7, 11) is 0. The van der Waals surface area contributed by atoms with Crippen molar-refractivity contribution in [3.8, 4) is 0 Å². The highest BCUT2D eigenvalue weighted by molar-refractivity contribution is 5.88. The Morgan fingerprint density at radius 3 is 2.53 bits per heavy atom. The molecule has 0 bridgehead atoms. The summed E-state index contributed by atoms with van der Waals surface area (Å²) in [6.07, 6.45) is 3.11. The molecule has 1 N–H and O–H groups in total. The highest BCUT2D eigenvalue weighted by Gasteiger charge is 2.22. The van der Waals surface area contributed by atoms with Crippen LogP contribution in [0.15, 0.2) is 6.20 Å². The lowest BCUT2D eigenvalue weighted by Crippen LogP contribution is -2.25. The summed E-state index contributed by atoms with van der Waals surface area (Å²) in [4.78, 5) is 11.0. The van der Waals surface area contributed by atoms with Gasteiger partial charge >= 0.3 is 5.97 Å². The molecule has 0 spiro atoms. The average Bonchev–Trinajstić information content (AvgIpc) is 2.47. The normalized spacial score (nSPS) is 11.7. The number of carboxylic acid groups (broad SMARTS) is 1. The molecule has 0 aliphatic carbocycles. The van der Waals surface area contributed by atoms with Gasteiger partial charge in [0.05, 0.1) is 17.4 Å². The second kappa shape index (κ2) is 4.04. The Bertz CT molecular complexity index is 361. The fourth-order valence-corrected chi connectivity index (χ4v) is 1.61. The van der Waals surface area contributed by atoms with Gasteiger partial charge < -0.3 is 5.11 Å². The van der Waals surface area contributed by atoms with Crippen molar-refractivity contribution >= 4 is 5.97 Å². The molecule has 4 nitrogen and oxygen atoms in total. The van der Waals surface area contributed by atoms with E-state index < -0.39 is 5.97 Å². The van der Waals surface area contributed by atoms with Gasteiger partial charge in [0.15, 0.2) is 0 Å². The third kappa shape index (κ3) is 2.37. The zero-order chi connectivity index (χ0) is 11.6. The van der Waals surface area contributed by atoms with Crippen LogP contribution in [0.1, 0.15) is 50.2 Å². The molecule has 0 aliphatic rings. The molecular weight excluding hydrogens is 192 g/mol. The van der Waals surface area contributed by atoms with Crippen LogP contribution < -0.4 is 0 Å². The van der Waals surface area contributed by atoms with Crippen LogP contribution in [0, 0.1) is 0 Å². The highest BCUT2D eigenvalue weighted by atomic mass is 16.4. The largest absolute Gasteiger partial charge is 0.478 e. The van der Waals surface area contributed by atoms with E-state index in [-0.39, 0.29) is 5.54 Å². The van der Waals surface area contributed by atoms with Crippen LogP contribution in [0.2, 0.25) is 0 Å². The van der Waals surface area contributed by atoms with E-state index in [1.54, 1.807) is 4.68 Å². The van der Waals surface area contributed by atoms with E-state index in [1.165, 1.54) is 6.20 Å². The van der Waals surface area contributed by atoms with Crippen LogP contribution in [0.3, 0.4) is 0 Å². The molecule has 0 saturated carbocycles. The van der Waals surface area contributed by atoms with Crippen LogP contribution in [0.5, 0.6) is 0 Å². The molecule has 4 heteroatoms. The van der Waals surface area contributed by atoms with Gasteiger partial charge in [-0.3, -0.25) is 4.68 Å². The Hall–Kier alpha value is -1.32. The van der Waals surface area contributed by atoms with Crippen molar-refractivity contribution in [1.82, 2.24) is 9.78 Å². The van der Waals surface area contributed by atoms with Gasteiger partial charge in [-0.15, -0.1) is 0 Å². The second-order valence-electron chi connectivity index (χ2n) is 4.64. The van der Waals surface area contributed by atoms with Crippen LogP contribution >= 0.6 is 0 Å². The molecule has 0 atom stereocenters. The number of hydrogen-bond acceptors (Lipinski definition) is 2. The molecule has 84 valence electrons. The van der Waals surface area contributed by atoms with Gasteiger partial charge in [0.2, 0.25) is 0 Å². The van der Waals surface area contributed by atoms with Crippen LogP contribution in [-0.2, 0) is 12.0 Å². The van der Waals surface area contributed by atoms with Gasteiger partial charge in [0.25, 0.3) is 0 Å². The minimum Gasteiger partial charge on any atom is -0.478 e. The molecule has 0 unspecified atom stereocenters. The first-order valence-corrected chi connectivity index (χ1v) is 5.18. The van der Waals surface area contributed by atoms with Crippen molar-refractivity contribution in [2.75, 3.05) is 0 Å². The SMILES string of the molecule is CCCc1c(C(=O)O)cnn1C(C)(C)C. The summed E-state index contributed by atoms with van der Waals surface area (Å²) >= 11 is 0. The van der Waals surface area contributed by atoms with Crippen molar-refractivity contribution < 1.29 is 9.90 Å². The molecule has 0 amide bonds. The molecule has 1 rings (SSSR count). The summed E-state index contributed by atoms with van der Waals surface area (Å²) in [5.41, 5.74) is 0.974. The van der Waals surface area contributed by atoms with Gasteiger partial charge in [-0.1, -0.05) is 13.3 Å². The molecule has 1 aromatic rings.